The lowest BCUT2D eigenvalue weighted by Crippen LogP contribution is -2.27. The summed E-state index contributed by atoms with van der Waals surface area (Å²) in [6, 6.07) is 8.72. The third-order valence-electron chi connectivity index (χ3n) is 5.61. The number of imidazole rings is 1. The van der Waals surface area contributed by atoms with E-state index in [1.807, 2.05) is 13.1 Å². The molecule has 0 saturated heterocycles. The predicted molar refractivity (Wildman–Crippen MR) is 126 cm³/mol. The molecular weight excluding hydrogens is 402 g/mol. The minimum Gasteiger partial charge on any atom is -0.491 e. The van der Waals surface area contributed by atoms with Crippen LogP contribution in [-0.2, 0) is 6.54 Å². The van der Waals surface area contributed by atoms with Crippen molar-refractivity contribution in [1.82, 2.24) is 24.9 Å². The lowest BCUT2D eigenvalue weighted by atomic mass is 10.0. The quantitative estimate of drug-likeness (QED) is 0.501. The Hall–Kier alpha value is -3.68. The molecule has 0 bridgehead atoms. The number of rotatable bonds is 4. The van der Waals surface area contributed by atoms with Gasteiger partial charge >= 0.3 is 0 Å². The molecule has 1 aliphatic heterocycles. The van der Waals surface area contributed by atoms with E-state index >= 15 is 0 Å². The zero-order chi connectivity index (χ0) is 22.2. The number of fused-ring (bicyclic) bond motifs is 2. The van der Waals surface area contributed by atoms with Crippen LogP contribution in [0.15, 0.2) is 36.8 Å². The number of anilines is 2. The summed E-state index contributed by atoms with van der Waals surface area (Å²) in [5.74, 6) is 3.58. The number of aromatic nitrogens is 5. The van der Waals surface area contributed by atoms with Crippen molar-refractivity contribution >= 4 is 22.8 Å². The van der Waals surface area contributed by atoms with Crippen LogP contribution in [0.3, 0.4) is 0 Å². The second-order valence-corrected chi connectivity index (χ2v) is 8.48. The molecule has 164 valence electrons. The zero-order valence-corrected chi connectivity index (χ0v) is 18.8. The van der Waals surface area contributed by atoms with E-state index in [4.69, 9.17) is 4.74 Å². The van der Waals surface area contributed by atoms with Crippen LogP contribution in [0.1, 0.15) is 30.8 Å². The molecule has 0 radical (unpaired) electrons. The van der Waals surface area contributed by atoms with Gasteiger partial charge in [0.05, 0.1) is 12.1 Å². The number of nitrogens with zero attached hydrogens (tertiary/aromatic N) is 5. The molecule has 0 unspecified atom stereocenters. The second kappa shape index (κ2) is 8.11. The highest BCUT2D eigenvalue weighted by molar-refractivity contribution is 5.78. The van der Waals surface area contributed by atoms with E-state index in [9.17, 15) is 0 Å². The molecule has 8 nitrogen and oxygen atoms in total. The number of ether oxygens (including phenoxy) is 1. The van der Waals surface area contributed by atoms with Gasteiger partial charge in [-0.05, 0) is 51.5 Å². The average molecular weight is 430 g/mol. The van der Waals surface area contributed by atoms with E-state index in [0.29, 0.717) is 19.2 Å². The van der Waals surface area contributed by atoms with Crippen molar-refractivity contribution in [2.24, 2.45) is 0 Å². The van der Waals surface area contributed by atoms with Gasteiger partial charge in [0.2, 0.25) is 0 Å². The van der Waals surface area contributed by atoms with Crippen LogP contribution in [0.4, 0.5) is 11.6 Å². The van der Waals surface area contributed by atoms with Gasteiger partial charge in [-0.3, -0.25) is 0 Å². The van der Waals surface area contributed by atoms with Gasteiger partial charge in [-0.1, -0.05) is 6.07 Å². The number of hydrogen-bond acceptors (Lipinski definition) is 7. The molecule has 0 atom stereocenters. The van der Waals surface area contributed by atoms with Crippen LogP contribution >= 0.6 is 0 Å². The maximum absolute atomic E-state index is 6.07. The van der Waals surface area contributed by atoms with Crippen molar-refractivity contribution in [2.45, 2.75) is 40.3 Å². The third-order valence-corrected chi connectivity index (χ3v) is 5.61. The minimum atomic E-state index is 0.303. The molecule has 0 fully saturated rings. The van der Waals surface area contributed by atoms with E-state index in [2.05, 4.69) is 80.2 Å². The summed E-state index contributed by atoms with van der Waals surface area (Å²) in [5.41, 5.74) is 5.98. The van der Waals surface area contributed by atoms with Crippen LogP contribution in [0.25, 0.3) is 22.3 Å². The minimum absolute atomic E-state index is 0.303. The molecular formula is C24H27N7O. The van der Waals surface area contributed by atoms with Gasteiger partial charge in [0.1, 0.15) is 36.1 Å². The molecule has 32 heavy (non-hydrogen) atoms. The Kier molecular flexibility index (Phi) is 5.13. The molecule has 5 rings (SSSR count). The molecule has 1 aliphatic rings. The highest BCUT2D eigenvalue weighted by Crippen LogP contribution is 2.32. The smallest absolute Gasteiger partial charge is 0.177 e. The Labute approximate surface area is 187 Å². The summed E-state index contributed by atoms with van der Waals surface area (Å²) in [7, 11) is 0. The zero-order valence-electron chi connectivity index (χ0n) is 18.8. The maximum atomic E-state index is 6.07. The number of aryl methyl sites for hydroxylation is 1. The SMILES string of the molecule is Cc1nc2ncc(-c3ccc4c(c3)CN(c3ncnc(NC(C)C)c3C)CCO4)cc2[nH]1. The monoisotopic (exact) mass is 429 g/mol. The van der Waals surface area contributed by atoms with Crippen LogP contribution in [0.5, 0.6) is 5.75 Å². The molecule has 1 aromatic carbocycles. The fourth-order valence-electron chi connectivity index (χ4n) is 4.11. The van der Waals surface area contributed by atoms with Crippen LogP contribution in [0, 0.1) is 13.8 Å². The fraction of sp³-hybridized carbons (Fsp3) is 0.333. The maximum Gasteiger partial charge on any atom is 0.177 e. The summed E-state index contributed by atoms with van der Waals surface area (Å²) in [6.07, 6.45) is 3.50. The van der Waals surface area contributed by atoms with Gasteiger partial charge in [0.15, 0.2) is 5.65 Å². The number of nitrogens with one attached hydrogen (secondary N) is 2. The van der Waals surface area contributed by atoms with Crippen molar-refractivity contribution < 1.29 is 4.74 Å². The molecule has 0 spiro atoms. The molecule has 8 heteroatoms. The number of H-pyrrole nitrogens is 1. The van der Waals surface area contributed by atoms with Gasteiger partial charge in [-0.15, -0.1) is 0 Å². The first-order chi connectivity index (χ1) is 15.5. The number of hydrogen-bond donors (Lipinski definition) is 2. The summed E-state index contributed by atoms with van der Waals surface area (Å²) in [4.78, 5) is 23.5. The molecule has 2 N–H and O–H groups in total. The van der Waals surface area contributed by atoms with Gasteiger partial charge in [-0.25, -0.2) is 19.9 Å². The first-order valence-electron chi connectivity index (χ1n) is 10.9. The van der Waals surface area contributed by atoms with Gasteiger partial charge in [0, 0.05) is 35.5 Å². The molecule has 0 aliphatic carbocycles. The Morgan fingerprint density at radius 2 is 1.97 bits per heavy atom. The molecule has 0 saturated carbocycles. The number of benzene rings is 1. The Morgan fingerprint density at radius 1 is 1.09 bits per heavy atom. The lowest BCUT2D eigenvalue weighted by molar-refractivity contribution is 0.331. The molecule has 4 heterocycles. The molecule has 4 aromatic rings. The first kappa shape index (κ1) is 20.2. The topological polar surface area (TPSA) is 91.8 Å². The predicted octanol–water partition coefficient (Wildman–Crippen LogP) is 4.25. The van der Waals surface area contributed by atoms with E-state index in [-0.39, 0.29) is 0 Å². The van der Waals surface area contributed by atoms with Crippen LogP contribution < -0.4 is 15.0 Å². The van der Waals surface area contributed by atoms with Gasteiger partial charge in [-0.2, -0.15) is 0 Å². The van der Waals surface area contributed by atoms with Crippen LogP contribution in [0.2, 0.25) is 0 Å². The highest BCUT2D eigenvalue weighted by atomic mass is 16.5. The second-order valence-electron chi connectivity index (χ2n) is 8.48. The van der Waals surface area contributed by atoms with Gasteiger partial charge in [0.25, 0.3) is 0 Å². The summed E-state index contributed by atoms with van der Waals surface area (Å²) >= 11 is 0. The number of aromatic amines is 1. The first-order valence-corrected chi connectivity index (χ1v) is 10.9. The van der Waals surface area contributed by atoms with E-state index in [1.54, 1.807) is 6.33 Å². The summed E-state index contributed by atoms with van der Waals surface area (Å²) in [6.45, 7) is 10.3. The van der Waals surface area contributed by atoms with Crippen molar-refractivity contribution in [3.8, 4) is 16.9 Å². The molecule has 3 aromatic heterocycles. The Balaban J connectivity index is 1.48. The fourth-order valence-corrected chi connectivity index (χ4v) is 4.11. The largest absolute Gasteiger partial charge is 0.491 e. The van der Waals surface area contributed by atoms with Gasteiger partial charge < -0.3 is 19.9 Å². The summed E-state index contributed by atoms with van der Waals surface area (Å²) in [5, 5.41) is 3.41. The Bertz CT molecular complexity index is 1280. The highest BCUT2D eigenvalue weighted by Gasteiger charge is 2.20. The van der Waals surface area contributed by atoms with E-state index in [1.165, 1.54) is 0 Å². The van der Waals surface area contributed by atoms with Crippen molar-refractivity contribution in [1.29, 1.82) is 0 Å². The van der Waals surface area contributed by atoms with Crippen molar-refractivity contribution in [3.05, 3.63) is 53.7 Å². The third kappa shape index (κ3) is 3.84. The van der Waals surface area contributed by atoms with Crippen LogP contribution in [-0.4, -0.2) is 44.1 Å². The van der Waals surface area contributed by atoms with E-state index in [0.717, 1.165) is 63.2 Å². The normalized spacial score (nSPS) is 13.7. The average Bonchev–Trinajstić information content (AvgIpc) is 3.01. The Morgan fingerprint density at radius 3 is 2.81 bits per heavy atom. The van der Waals surface area contributed by atoms with Crippen molar-refractivity contribution in [2.75, 3.05) is 23.4 Å². The summed E-state index contributed by atoms with van der Waals surface area (Å²) < 4.78 is 6.07. The van der Waals surface area contributed by atoms with Crippen molar-refractivity contribution in [3.63, 3.8) is 0 Å². The van der Waals surface area contributed by atoms with E-state index < -0.39 is 0 Å². The molecule has 0 amide bonds. The standard InChI is InChI=1S/C24H27N7O/c1-14(2)28-22-15(3)24(27-13-26-22)31-7-8-32-21-6-5-17(9-19(21)12-31)18-10-20-23(25-11-18)30-16(4)29-20/h5-6,9-11,13-14H,7-8,12H2,1-4H3,(H,25,29,30)(H,26,27,28). The lowest BCUT2D eigenvalue weighted by Gasteiger charge is -2.24. The number of pyridine rings is 1.